The van der Waals surface area contributed by atoms with E-state index in [1.54, 1.807) is 22.9 Å². The molecule has 1 aliphatic rings. The number of fused-ring (bicyclic) bond motifs is 2. The SMILES string of the molecule is CC1(C)CCc2nc3cc(C#Cc4ccccn4)cc(F)c3c(=O)n2C1. The molecule has 0 unspecified atom stereocenters. The fraction of sp³-hybridized carbons (Fsp3) is 0.286. The van der Waals surface area contributed by atoms with Crippen molar-refractivity contribution in [3.63, 3.8) is 0 Å². The van der Waals surface area contributed by atoms with Gasteiger partial charge in [-0.2, -0.15) is 0 Å². The molecule has 0 N–H and O–H groups in total. The number of rotatable bonds is 0. The molecule has 0 bridgehead atoms. The first kappa shape index (κ1) is 16.5. The monoisotopic (exact) mass is 347 g/mol. The second-order valence-corrected chi connectivity index (χ2v) is 7.40. The van der Waals surface area contributed by atoms with Gasteiger partial charge in [0, 0.05) is 24.7 Å². The number of aryl methyl sites for hydroxylation is 1. The molecule has 3 aromatic rings. The molecule has 4 nitrogen and oxygen atoms in total. The second-order valence-electron chi connectivity index (χ2n) is 7.40. The minimum Gasteiger partial charge on any atom is -0.295 e. The molecule has 5 heteroatoms. The average molecular weight is 347 g/mol. The van der Waals surface area contributed by atoms with Gasteiger partial charge in [-0.25, -0.2) is 14.4 Å². The highest BCUT2D eigenvalue weighted by Crippen LogP contribution is 2.29. The molecule has 0 aliphatic carbocycles. The first-order valence-electron chi connectivity index (χ1n) is 8.59. The minimum atomic E-state index is -0.580. The maximum absolute atomic E-state index is 14.7. The van der Waals surface area contributed by atoms with Crippen molar-refractivity contribution in [1.82, 2.24) is 14.5 Å². The summed E-state index contributed by atoms with van der Waals surface area (Å²) in [7, 11) is 0. The molecule has 4 rings (SSSR count). The van der Waals surface area contributed by atoms with Gasteiger partial charge in [0.15, 0.2) is 0 Å². The predicted octanol–water partition coefficient (Wildman–Crippen LogP) is 3.30. The number of halogens is 1. The quantitative estimate of drug-likeness (QED) is 0.586. The zero-order chi connectivity index (χ0) is 18.3. The van der Waals surface area contributed by atoms with E-state index in [-0.39, 0.29) is 16.4 Å². The van der Waals surface area contributed by atoms with Gasteiger partial charge in [-0.3, -0.25) is 9.36 Å². The molecular formula is C21H18FN3O. The molecule has 26 heavy (non-hydrogen) atoms. The molecule has 0 atom stereocenters. The lowest BCUT2D eigenvalue weighted by molar-refractivity contribution is 0.240. The van der Waals surface area contributed by atoms with E-state index >= 15 is 0 Å². The van der Waals surface area contributed by atoms with Crippen molar-refractivity contribution in [2.45, 2.75) is 33.2 Å². The van der Waals surface area contributed by atoms with Crippen molar-refractivity contribution in [2.24, 2.45) is 5.41 Å². The Bertz CT molecular complexity index is 1120. The number of aromatic nitrogens is 3. The lowest BCUT2D eigenvalue weighted by Crippen LogP contribution is -2.36. The Hall–Kier alpha value is -3.00. The second kappa shape index (κ2) is 6.06. The highest BCUT2D eigenvalue weighted by Gasteiger charge is 2.28. The molecule has 1 aromatic carbocycles. The molecule has 0 saturated carbocycles. The third-order valence-electron chi connectivity index (χ3n) is 4.70. The first-order chi connectivity index (χ1) is 12.4. The average Bonchev–Trinajstić information content (AvgIpc) is 2.61. The number of hydrogen-bond donors (Lipinski definition) is 0. The van der Waals surface area contributed by atoms with Crippen LogP contribution in [-0.2, 0) is 13.0 Å². The summed E-state index contributed by atoms with van der Waals surface area (Å²) < 4.78 is 16.3. The summed E-state index contributed by atoms with van der Waals surface area (Å²) in [5.74, 6) is 5.95. The van der Waals surface area contributed by atoms with E-state index in [0.717, 1.165) is 12.2 Å². The van der Waals surface area contributed by atoms with E-state index < -0.39 is 5.82 Å². The standard InChI is InChI=1S/C21H18FN3O/c1-21(2)9-8-18-24-17-12-14(6-7-15-5-3-4-10-23-15)11-16(22)19(17)20(26)25(18)13-21/h3-5,10-12H,8-9,13H2,1-2H3. The van der Waals surface area contributed by atoms with Crippen LogP contribution in [0, 0.1) is 23.1 Å². The Kier molecular flexibility index (Phi) is 3.84. The zero-order valence-electron chi connectivity index (χ0n) is 14.7. The molecule has 0 fully saturated rings. The van der Waals surface area contributed by atoms with Crippen LogP contribution in [0.25, 0.3) is 10.9 Å². The van der Waals surface area contributed by atoms with Crippen LogP contribution in [0.2, 0.25) is 0 Å². The summed E-state index contributed by atoms with van der Waals surface area (Å²) in [4.78, 5) is 21.5. The van der Waals surface area contributed by atoms with Crippen molar-refractivity contribution >= 4 is 10.9 Å². The molecule has 0 amide bonds. The van der Waals surface area contributed by atoms with Gasteiger partial charge in [-0.1, -0.05) is 25.8 Å². The van der Waals surface area contributed by atoms with Gasteiger partial charge < -0.3 is 0 Å². The normalized spacial score (nSPS) is 15.2. The summed E-state index contributed by atoms with van der Waals surface area (Å²) in [6, 6.07) is 8.41. The summed E-state index contributed by atoms with van der Waals surface area (Å²) >= 11 is 0. The number of pyridine rings is 1. The fourth-order valence-corrected chi connectivity index (χ4v) is 3.30. The van der Waals surface area contributed by atoms with Gasteiger partial charge in [-0.15, -0.1) is 0 Å². The van der Waals surface area contributed by atoms with Crippen LogP contribution in [0.5, 0.6) is 0 Å². The van der Waals surface area contributed by atoms with Gasteiger partial charge in [0.2, 0.25) is 0 Å². The van der Waals surface area contributed by atoms with E-state index in [9.17, 15) is 9.18 Å². The lowest BCUT2D eigenvalue weighted by atomic mass is 9.85. The third-order valence-corrected chi connectivity index (χ3v) is 4.70. The van der Waals surface area contributed by atoms with Crippen LogP contribution in [0.15, 0.2) is 41.3 Å². The summed E-state index contributed by atoms with van der Waals surface area (Å²) in [5, 5.41) is 0.0369. The molecular weight excluding hydrogens is 329 g/mol. The Morgan fingerprint density at radius 2 is 2.08 bits per heavy atom. The summed E-state index contributed by atoms with van der Waals surface area (Å²) in [6.45, 7) is 4.78. The summed E-state index contributed by atoms with van der Waals surface area (Å²) in [6.07, 6.45) is 3.32. The van der Waals surface area contributed by atoms with Crippen LogP contribution in [-0.4, -0.2) is 14.5 Å². The van der Waals surface area contributed by atoms with Crippen LogP contribution in [0.4, 0.5) is 4.39 Å². The Labute approximate surface area is 150 Å². The molecule has 0 saturated heterocycles. The topological polar surface area (TPSA) is 47.8 Å². The van der Waals surface area contributed by atoms with Crippen molar-refractivity contribution < 1.29 is 4.39 Å². The van der Waals surface area contributed by atoms with E-state index in [1.165, 1.54) is 6.07 Å². The fourth-order valence-electron chi connectivity index (χ4n) is 3.30. The first-order valence-corrected chi connectivity index (χ1v) is 8.59. The Morgan fingerprint density at radius 1 is 1.23 bits per heavy atom. The molecule has 0 spiro atoms. The summed E-state index contributed by atoms with van der Waals surface area (Å²) in [5.41, 5.74) is 1.16. The minimum absolute atomic E-state index is 0.0107. The molecule has 3 heterocycles. The van der Waals surface area contributed by atoms with Crippen LogP contribution < -0.4 is 5.56 Å². The highest BCUT2D eigenvalue weighted by atomic mass is 19.1. The zero-order valence-corrected chi connectivity index (χ0v) is 14.7. The maximum atomic E-state index is 14.7. The third kappa shape index (κ3) is 2.99. The maximum Gasteiger partial charge on any atom is 0.264 e. The Morgan fingerprint density at radius 3 is 2.85 bits per heavy atom. The van der Waals surface area contributed by atoms with Gasteiger partial charge in [0.05, 0.1) is 5.52 Å². The van der Waals surface area contributed by atoms with Gasteiger partial charge in [0.1, 0.15) is 22.7 Å². The lowest BCUT2D eigenvalue weighted by Gasteiger charge is -2.31. The Balaban J connectivity index is 1.84. The van der Waals surface area contributed by atoms with Crippen molar-refractivity contribution in [3.05, 3.63) is 69.8 Å². The largest absolute Gasteiger partial charge is 0.295 e. The molecule has 2 aromatic heterocycles. The van der Waals surface area contributed by atoms with E-state index in [2.05, 4.69) is 35.7 Å². The van der Waals surface area contributed by atoms with E-state index in [0.29, 0.717) is 29.7 Å². The molecule has 130 valence electrons. The van der Waals surface area contributed by atoms with Crippen LogP contribution in [0.3, 0.4) is 0 Å². The van der Waals surface area contributed by atoms with E-state index in [1.807, 2.05) is 12.1 Å². The van der Waals surface area contributed by atoms with Crippen LogP contribution in [0.1, 0.15) is 37.4 Å². The molecule has 0 radical (unpaired) electrons. The number of benzene rings is 1. The van der Waals surface area contributed by atoms with Crippen molar-refractivity contribution in [1.29, 1.82) is 0 Å². The van der Waals surface area contributed by atoms with Gasteiger partial charge >= 0.3 is 0 Å². The number of nitrogens with zero attached hydrogens (tertiary/aromatic N) is 3. The van der Waals surface area contributed by atoms with E-state index in [4.69, 9.17) is 0 Å². The number of hydrogen-bond acceptors (Lipinski definition) is 3. The predicted molar refractivity (Wildman–Crippen MR) is 98.3 cm³/mol. The highest BCUT2D eigenvalue weighted by molar-refractivity contribution is 5.80. The van der Waals surface area contributed by atoms with Crippen molar-refractivity contribution in [3.8, 4) is 11.8 Å². The molecule has 1 aliphatic heterocycles. The van der Waals surface area contributed by atoms with Crippen molar-refractivity contribution in [2.75, 3.05) is 0 Å². The van der Waals surface area contributed by atoms with Gasteiger partial charge in [0.25, 0.3) is 5.56 Å². The smallest absolute Gasteiger partial charge is 0.264 e. The van der Waals surface area contributed by atoms with Crippen LogP contribution >= 0.6 is 0 Å². The van der Waals surface area contributed by atoms with Gasteiger partial charge in [-0.05, 0) is 42.0 Å².